The number of aryl methyl sites for hydroxylation is 1. The van der Waals surface area contributed by atoms with Gasteiger partial charge in [-0.3, -0.25) is 9.59 Å². The van der Waals surface area contributed by atoms with Gasteiger partial charge in [-0.15, -0.1) is 10.2 Å². The van der Waals surface area contributed by atoms with Crippen LogP contribution in [0.1, 0.15) is 38.3 Å². The van der Waals surface area contributed by atoms with E-state index in [0.717, 1.165) is 31.4 Å². The van der Waals surface area contributed by atoms with Crippen LogP contribution in [0.4, 0.5) is 0 Å². The van der Waals surface area contributed by atoms with Crippen molar-refractivity contribution in [2.75, 3.05) is 19.8 Å². The monoisotopic (exact) mass is 386 g/mol. The van der Waals surface area contributed by atoms with E-state index in [1.807, 2.05) is 31.2 Å². The molecule has 2 N–H and O–H groups in total. The molecular formula is C20H26N4O4. The quantitative estimate of drug-likeness (QED) is 0.681. The highest BCUT2D eigenvalue weighted by atomic mass is 16.5. The van der Waals surface area contributed by atoms with Crippen LogP contribution in [0.2, 0.25) is 0 Å². The zero-order valence-corrected chi connectivity index (χ0v) is 16.1. The van der Waals surface area contributed by atoms with Crippen LogP contribution in [0.25, 0.3) is 11.4 Å². The van der Waals surface area contributed by atoms with Crippen molar-refractivity contribution >= 4 is 5.91 Å². The molecule has 28 heavy (non-hydrogen) atoms. The van der Waals surface area contributed by atoms with Gasteiger partial charge in [0.1, 0.15) is 11.4 Å². The number of nitrogens with zero attached hydrogens (tertiary/aromatic N) is 2. The number of carbonyl (C=O) groups is 1. The molecule has 1 aliphatic rings. The molecule has 0 bridgehead atoms. The molecule has 8 nitrogen and oxygen atoms in total. The number of rotatable bonds is 9. The van der Waals surface area contributed by atoms with Gasteiger partial charge in [0, 0.05) is 31.6 Å². The van der Waals surface area contributed by atoms with E-state index in [1.54, 1.807) is 0 Å². The van der Waals surface area contributed by atoms with Crippen LogP contribution >= 0.6 is 0 Å². The number of ether oxygens (including phenoxy) is 2. The molecule has 1 aromatic heterocycles. The second-order valence-corrected chi connectivity index (χ2v) is 6.76. The number of carbonyl (C=O) groups excluding carboxylic acids is 1. The molecule has 0 saturated carbocycles. The Balaban J connectivity index is 1.56. The van der Waals surface area contributed by atoms with Crippen LogP contribution < -0.4 is 15.6 Å². The molecule has 0 radical (unpaired) electrons. The largest absolute Gasteiger partial charge is 0.494 e. The minimum absolute atomic E-state index is 0.100. The molecule has 1 unspecified atom stereocenters. The van der Waals surface area contributed by atoms with Gasteiger partial charge in [0.15, 0.2) is 5.82 Å². The highest BCUT2D eigenvalue weighted by molar-refractivity contribution is 5.76. The third kappa shape index (κ3) is 5.63. The SMILES string of the molecule is CCCOc1cccc(-c2nnc(CCC(=O)NCC3CCCO3)c(=O)[nH]2)c1. The fourth-order valence-electron chi connectivity index (χ4n) is 2.96. The second-order valence-electron chi connectivity index (χ2n) is 6.76. The Bertz CT molecular complexity index is 846. The standard InChI is InChI=1S/C20H26N4O4/c1-2-10-27-15-6-3-5-14(12-15)19-22-20(26)17(23-24-19)8-9-18(25)21-13-16-7-4-11-28-16/h3,5-6,12,16H,2,4,7-11,13H2,1H3,(H,21,25)(H,22,24,26). The highest BCUT2D eigenvalue weighted by Crippen LogP contribution is 2.20. The first-order valence-corrected chi connectivity index (χ1v) is 9.73. The molecule has 3 rings (SSSR count). The molecule has 1 aromatic carbocycles. The lowest BCUT2D eigenvalue weighted by Crippen LogP contribution is -2.32. The van der Waals surface area contributed by atoms with E-state index in [9.17, 15) is 9.59 Å². The van der Waals surface area contributed by atoms with Crippen molar-refractivity contribution in [2.24, 2.45) is 0 Å². The van der Waals surface area contributed by atoms with E-state index in [1.165, 1.54) is 0 Å². The van der Waals surface area contributed by atoms with Gasteiger partial charge < -0.3 is 19.8 Å². The van der Waals surface area contributed by atoms with Crippen molar-refractivity contribution in [2.45, 2.75) is 45.1 Å². The Hall–Kier alpha value is -2.74. The van der Waals surface area contributed by atoms with Gasteiger partial charge in [-0.25, -0.2) is 0 Å². The first-order chi connectivity index (χ1) is 13.7. The van der Waals surface area contributed by atoms with Crippen LogP contribution in [0, 0.1) is 0 Å². The van der Waals surface area contributed by atoms with E-state index < -0.39 is 0 Å². The molecular weight excluding hydrogens is 360 g/mol. The lowest BCUT2D eigenvalue weighted by Gasteiger charge is -2.10. The number of amides is 1. The van der Waals surface area contributed by atoms with Crippen LogP contribution in [-0.4, -0.2) is 47.0 Å². The van der Waals surface area contributed by atoms with Crippen LogP contribution in [0.3, 0.4) is 0 Å². The molecule has 1 amide bonds. The van der Waals surface area contributed by atoms with E-state index >= 15 is 0 Å². The van der Waals surface area contributed by atoms with E-state index in [0.29, 0.717) is 24.7 Å². The minimum Gasteiger partial charge on any atom is -0.494 e. The smallest absolute Gasteiger partial charge is 0.273 e. The number of aromatic amines is 1. The van der Waals surface area contributed by atoms with Gasteiger partial charge in [0.2, 0.25) is 5.91 Å². The summed E-state index contributed by atoms with van der Waals surface area (Å²) >= 11 is 0. The molecule has 1 atom stereocenters. The van der Waals surface area contributed by atoms with Crippen molar-refractivity contribution in [1.82, 2.24) is 20.5 Å². The Labute approximate surface area is 163 Å². The van der Waals surface area contributed by atoms with Gasteiger partial charge in [-0.2, -0.15) is 0 Å². The zero-order chi connectivity index (χ0) is 19.8. The number of aromatic nitrogens is 3. The van der Waals surface area contributed by atoms with Crippen molar-refractivity contribution in [3.05, 3.63) is 40.3 Å². The van der Waals surface area contributed by atoms with Crippen LogP contribution in [0.15, 0.2) is 29.1 Å². The number of H-pyrrole nitrogens is 1. The number of nitrogens with one attached hydrogen (secondary N) is 2. The third-order valence-electron chi connectivity index (χ3n) is 4.48. The molecule has 0 aliphatic carbocycles. The summed E-state index contributed by atoms with van der Waals surface area (Å²) in [7, 11) is 0. The molecule has 1 saturated heterocycles. The fraction of sp³-hybridized carbons (Fsp3) is 0.500. The summed E-state index contributed by atoms with van der Waals surface area (Å²) in [6.07, 6.45) is 3.44. The van der Waals surface area contributed by atoms with Crippen LogP contribution in [-0.2, 0) is 16.0 Å². The van der Waals surface area contributed by atoms with Crippen molar-refractivity contribution in [3.8, 4) is 17.1 Å². The Morgan fingerprint density at radius 2 is 2.29 bits per heavy atom. The average molecular weight is 386 g/mol. The van der Waals surface area contributed by atoms with Crippen molar-refractivity contribution in [1.29, 1.82) is 0 Å². The van der Waals surface area contributed by atoms with Gasteiger partial charge in [0.05, 0.1) is 12.7 Å². The summed E-state index contributed by atoms with van der Waals surface area (Å²) in [6.45, 7) is 3.93. The summed E-state index contributed by atoms with van der Waals surface area (Å²) in [5, 5.41) is 11.0. The molecule has 0 spiro atoms. The third-order valence-corrected chi connectivity index (χ3v) is 4.48. The predicted molar refractivity (Wildman–Crippen MR) is 104 cm³/mol. The lowest BCUT2D eigenvalue weighted by atomic mass is 10.2. The maximum absolute atomic E-state index is 12.3. The fourth-order valence-corrected chi connectivity index (χ4v) is 2.96. The first kappa shape index (κ1) is 20.0. The second kappa shape index (κ2) is 9.98. The normalized spacial score (nSPS) is 16.1. The van der Waals surface area contributed by atoms with E-state index in [2.05, 4.69) is 20.5 Å². The first-order valence-electron chi connectivity index (χ1n) is 9.73. The zero-order valence-electron chi connectivity index (χ0n) is 16.1. The summed E-state index contributed by atoms with van der Waals surface area (Å²) in [6, 6.07) is 7.34. The molecule has 2 heterocycles. The Morgan fingerprint density at radius 1 is 1.39 bits per heavy atom. The number of benzene rings is 1. The average Bonchev–Trinajstić information content (AvgIpc) is 3.23. The molecule has 2 aromatic rings. The minimum atomic E-state index is -0.336. The van der Waals surface area contributed by atoms with Gasteiger partial charge >= 0.3 is 0 Å². The topological polar surface area (TPSA) is 106 Å². The number of hydrogen-bond acceptors (Lipinski definition) is 6. The molecule has 1 aliphatic heterocycles. The summed E-state index contributed by atoms with van der Waals surface area (Å²) in [5.74, 6) is 0.967. The highest BCUT2D eigenvalue weighted by Gasteiger charge is 2.16. The summed E-state index contributed by atoms with van der Waals surface area (Å²) < 4.78 is 11.1. The maximum Gasteiger partial charge on any atom is 0.273 e. The van der Waals surface area contributed by atoms with Gasteiger partial charge in [-0.1, -0.05) is 19.1 Å². The maximum atomic E-state index is 12.3. The van der Waals surface area contributed by atoms with Crippen molar-refractivity contribution < 1.29 is 14.3 Å². The summed E-state index contributed by atoms with van der Waals surface area (Å²) in [5.41, 5.74) is 0.630. The number of hydrogen-bond donors (Lipinski definition) is 2. The van der Waals surface area contributed by atoms with Crippen LogP contribution in [0.5, 0.6) is 5.75 Å². The summed E-state index contributed by atoms with van der Waals surface area (Å²) in [4.78, 5) is 27.0. The lowest BCUT2D eigenvalue weighted by molar-refractivity contribution is -0.121. The predicted octanol–water partition coefficient (Wildman–Crippen LogP) is 1.85. The Morgan fingerprint density at radius 3 is 3.04 bits per heavy atom. The Kier molecular flexibility index (Phi) is 7.13. The van der Waals surface area contributed by atoms with Gasteiger partial charge in [0.25, 0.3) is 5.56 Å². The van der Waals surface area contributed by atoms with Gasteiger partial charge in [-0.05, 0) is 31.4 Å². The van der Waals surface area contributed by atoms with E-state index in [4.69, 9.17) is 9.47 Å². The van der Waals surface area contributed by atoms with E-state index in [-0.39, 0.29) is 36.1 Å². The molecule has 150 valence electrons. The van der Waals surface area contributed by atoms with Crippen molar-refractivity contribution in [3.63, 3.8) is 0 Å². The molecule has 1 fully saturated rings. The molecule has 8 heteroatoms.